The first-order valence-electron chi connectivity index (χ1n) is 10.7. The van der Waals surface area contributed by atoms with Crippen LogP contribution in [0, 0.1) is 11.7 Å². The van der Waals surface area contributed by atoms with Gasteiger partial charge in [0.2, 0.25) is 11.8 Å². The summed E-state index contributed by atoms with van der Waals surface area (Å²) in [5.41, 5.74) is 0.689. The van der Waals surface area contributed by atoms with E-state index >= 15 is 0 Å². The number of ether oxygens (including phenoxy) is 1. The standard InChI is InChI=1S/C22H29FN2O3/c23-16-10-11-20-17(14-16)18(8-5-13-28-20)24-21(26)19-9-4-12-25(19)22(27)15-6-2-1-3-7-15/h10-11,14-15,18-19H,1-9,12-13H2,(H,24,26). The van der Waals surface area contributed by atoms with Crippen LogP contribution >= 0.6 is 0 Å². The van der Waals surface area contributed by atoms with Gasteiger partial charge < -0.3 is 15.0 Å². The van der Waals surface area contributed by atoms with Gasteiger partial charge >= 0.3 is 0 Å². The molecule has 1 saturated heterocycles. The van der Waals surface area contributed by atoms with Gasteiger partial charge in [-0.2, -0.15) is 0 Å². The summed E-state index contributed by atoms with van der Waals surface area (Å²) < 4.78 is 19.5. The molecular weight excluding hydrogens is 359 g/mol. The van der Waals surface area contributed by atoms with Crippen molar-refractivity contribution >= 4 is 11.8 Å². The van der Waals surface area contributed by atoms with Gasteiger partial charge in [-0.25, -0.2) is 4.39 Å². The number of carbonyl (C=O) groups excluding carboxylic acids is 2. The molecule has 2 atom stereocenters. The number of rotatable bonds is 3. The second kappa shape index (κ2) is 8.50. The molecule has 0 bridgehead atoms. The van der Waals surface area contributed by atoms with E-state index in [-0.39, 0.29) is 29.6 Å². The molecule has 2 fully saturated rings. The average Bonchev–Trinajstić information content (AvgIpc) is 3.13. The summed E-state index contributed by atoms with van der Waals surface area (Å²) in [6.07, 6.45) is 8.33. The van der Waals surface area contributed by atoms with E-state index in [9.17, 15) is 14.0 Å². The lowest BCUT2D eigenvalue weighted by molar-refractivity contribution is -0.142. The smallest absolute Gasteiger partial charge is 0.243 e. The number of benzene rings is 1. The minimum Gasteiger partial charge on any atom is -0.493 e. The van der Waals surface area contributed by atoms with Crippen LogP contribution in [0.2, 0.25) is 0 Å². The molecule has 1 aromatic carbocycles. The lowest BCUT2D eigenvalue weighted by atomic mass is 9.88. The van der Waals surface area contributed by atoms with Crippen molar-refractivity contribution in [2.45, 2.75) is 69.9 Å². The number of nitrogens with zero attached hydrogens (tertiary/aromatic N) is 1. The SMILES string of the molecule is O=C(NC1CCCOc2ccc(F)cc21)C1CCCN1C(=O)C1CCCCC1. The van der Waals surface area contributed by atoms with Gasteiger partial charge in [0.05, 0.1) is 12.6 Å². The quantitative estimate of drug-likeness (QED) is 0.858. The number of fused-ring (bicyclic) bond motifs is 1. The van der Waals surface area contributed by atoms with Crippen LogP contribution in [0.3, 0.4) is 0 Å². The molecule has 3 aliphatic rings. The van der Waals surface area contributed by atoms with E-state index in [4.69, 9.17) is 4.74 Å². The molecule has 0 aromatic heterocycles. The first kappa shape index (κ1) is 19.2. The molecule has 1 aromatic rings. The van der Waals surface area contributed by atoms with E-state index in [2.05, 4.69) is 5.32 Å². The van der Waals surface area contributed by atoms with Gasteiger partial charge in [0.1, 0.15) is 17.6 Å². The summed E-state index contributed by atoms with van der Waals surface area (Å²) in [4.78, 5) is 27.9. The van der Waals surface area contributed by atoms with E-state index in [1.165, 1.54) is 18.6 Å². The molecule has 4 rings (SSSR count). The molecule has 0 radical (unpaired) electrons. The topological polar surface area (TPSA) is 58.6 Å². The number of hydrogen-bond acceptors (Lipinski definition) is 3. The molecule has 1 saturated carbocycles. The third kappa shape index (κ3) is 4.01. The average molecular weight is 388 g/mol. The highest BCUT2D eigenvalue weighted by molar-refractivity contribution is 5.89. The van der Waals surface area contributed by atoms with Gasteiger partial charge in [-0.15, -0.1) is 0 Å². The van der Waals surface area contributed by atoms with Gasteiger partial charge in [0, 0.05) is 18.0 Å². The normalized spacial score (nSPS) is 25.5. The predicted molar refractivity (Wildman–Crippen MR) is 103 cm³/mol. The van der Waals surface area contributed by atoms with Crippen molar-refractivity contribution < 1.29 is 18.7 Å². The Morgan fingerprint density at radius 1 is 1.04 bits per heavy atom. The number of nitrogens with one attached hydrogen (secondary N) is 1. The number of carbonyl (C=O) groups is 2. The van der Waals surface area contributed by atoms with Crippen LogP contribution in [-0.4, -0.2) is 35.9 Å². The molecule has 28 heavy (non-hydrogen) atoms. The zero-order valence-corrected chi connectivity index (χ0v) is 16.3. The first-order chi connectivity index (χ1) is 13.6. The lowest BCUT2D eigenvalue weighted by Crippen LogP contribution is -2.48. The van der Waals surface area contributed by atoms with Gasteiger partial charge in [-0.3, -0.25) is 9.59 Å². The Morgan fingerprint density at radius 3 is 2.68 bits per heavy atom. The number of hydrogen-bond donors (Lipinski definition) is 1. The maximum absolute atomic E-state index is 13.8. The van der Waals surface area contributed by atoms with Gasteiger partial charge in [0.25, 0.3) is 0 Å². The van der Waals surface area contributed by atoms with Crippen LogP contribution in [0.5, 0.6) is 5.75 Å². The molecule has 6 heteroatoms. The van der Waals surface area contributed by atoms with Gasteiger partial charge in [-0.1, -0.05) is 19.3 Å². The Morgan fingerprint density at radius 2 is 1.86 bits per heavy atom. The van der Waals surface area contributed by atoms with Crippen LogP contribution in [0.4, 0.5) is 4.39 Å². The Bertz CT molecular complexity index is 732. The van der Waals surface area contributed by atoms with E-state index in [0.29, 0.717) is 37.3 Å². The van der Waals surface area contributed by atoms with Crippen molar-refractivity contribution in [2.24, 2.45) is 5.92 Å². The molecule has 1 N–H and O–H groups in total. The third-order valence-corrected chi connectivity index (χ3v) is 6.35. The van der Waals surface area contributed by atoms with E-state index in [1.54, 1.807) is 11.0 Å². The number of likely N-dealkylation sites (tertiary alicyclic amines) is 1. The molecule has 5 nitrogen and oxygen atoms in total. The van der Waals surface area contributed by atoms with Crippen LogP contribution in [0.25, 0.3) is 0 Å². The number of halogens is 1. The molecular formula is C22H29FN2O3. The molecule has 2 aliphatic heterocycles. The van der Waals surface area contributed by atoms with Crippen LogP contribution in [0.1, 0.15) is 69.4 Å². The van der Waals surface area contributed by atoms with Crippen molar-refractivity contribution in [1.29, 1.82) is 0 Å². The summed E-state index contributed by atoms with van der Waals surface area (Å²) in [6, 6.07) is 3.77. The van der Waals surface area contributed by atoms with Crippen LogP contribution < -0.4 is 10.1 Å². The van der Waals surface area contributed by atoms with Crippen LogP contribution in [0.15, 0.2) is 18.2 Å². The van der Waals surface area contributed by atoms with Crippen molar-refractivity contribution in [3.8, 4) is 5.75 Å². The first-order valence-corrected chi connectivity index (χ1v) is 10.7. The minimum absolute atomic E-state index is 0.0725. The molecule has 1 aliphatic carbocycles. The van der Waals surface area contributed by atoms with Gasteiger partial charge in [-0.05, 0) is 56.7 Å². The Labute approximate surface area is 165 Å². The van der Waals surface area contributed by atoms with Crippen molar-refractivity contribution in [3.63, 3.8) is 0 Å². The second-order valence-corrected chi connectivity index (χ2v) is 8.26. The maximum atomic E-state index is 13.8. The molecule has 2 unspecified atom stereocenters. The van der Waals surface area contributed by atoms with Crippen molar-refractivity contribution in [1.82, 2.24) is 10.2 Å². The lowest BCUT2D eigenvalue weighted by Gasteiger charge is -2.31. The molecule has 152 valence electrons. The zero-order chi connectivity index (χ0) is 19.5. The predicted octanol–water partition coefficient (Wildman–Crippen LogP) is 3.73. The summed E-state index contributed by atoms with van der Waals surface area (Å²) in [6.45, 7) is 1.22. The Balaban J connectivity index is 1.47. The fourth-order valence-electron chi connectivity index (χ4n) is 4.85. The summed E-state index contributed by atoms with van der Waals surface area (Å²) >= 11 is 0. The highest BCUT2D eigenvalue weighted by Gasteiger charge is 2.38. The fourth-order valence-corrected chi connectivity index (χ4v) is 4.85. The molecule has 2 amide bonds. The van der Waals surface area contributed by atoms with E-state index in [0.717, 1.165) is 38.5 Å². The highest BCUT2D eigenvalue weighted by Crippen LogP contribution is 2.33. The minimum atomic E-state index is -0.407. The zero-order valence-electron chi connectivity index (χ0n) is 16.3. The van der Waals surface area contributed by atoms with Crippen molar-refractivity contribution in [2.75, 3.05) is 13.2 Å². The van der Waals surface area contributed by atoms with E-state index < -0.39 is 6.04 Å². The molecule has 0 spiro atoms. The fraction of sp³-hybridized carbons (Fsp3) is 0.636. The Kier molecular flexibility index (Phi) is 5.83. The largest absolute Gasteiger partial charge is 0.493 e. The van der Waals surface area contributed by atoms with Crippen LogP contribution in [-0.2, 0) is 9.59 Å². The second-order valence-electron chi connectivity index (χ2n) is 8.26. The van der Waals surface area contributed by atoms with Gasteiger partial charge in [0.15, 0.2) is 0 Å². The summed E-state index contributed by atoms with van der Waals surface area (Å²) in [7, 11) is 0. The highest BCUT2D eigenvalue weighted by atomic mass is 19.1. The van der Waals surface area contributed by atoms with Crippen molar-refractivity contribution in [3.05, 3.63) is 29.6 Å². The van der Waals surface area contributed by atoms with E-state index in [1.807, 2.05) is 0 Å². The number of amides is 2. The maximum Gasteiger partial charge on any atom is 0.243 e. The summed E-state index contributed by atoms with van der Waals surface area (Å²) in [5, 5.41) is 3.09. The third-order valence-electron chi connectivity index (χ3n) is 6.35. The monoisotopic (exact) mass is 388 g/mol. The Hall–Kier alpha value is -2.11. The summed E-state index contributed by atoms with van der Waals surface area (Å²) in [5.74, 6) is 0.393. The molecule has 2 heterocycles.